The van der Waals surface area contributed by atoms with Crippen LogP contribution in [0.1, 0.15) is 46.5 Å². The third-order valence-electron chi connectivity index (χ3n) is 5.14. The summed E-state index contributed by atoms with van der Waals surface area (Å²) in [6.45, 7) is 9.55. The molecule has 2 saturated heterocycles. The van der Waals surface area contributed by atoms with Crippen LogP contribution in [0.15, 0.2) is 0 Å². The average molecular weight is 268 g/mol. The van der Waals surface area contributed by atoms with Gasteiger partial charge in [0.05, 0.1) is 0 Å². The molecule has 0 aromatic heterocycles. The fourth-order valence-electron chi connectivity index (χ4n) is 3.70. The van der Waals surface area contributed by atoms with Crippen molar-refractivity contribution in [1.82, 2.24) is 10.2 Å². The fourth-order valence-corrected chi connectivity index (χ4v) is 3.70. The molecule has 0 amide bonds. The van der Waals surface area contributed by atoms with Crippen LogP contribution in [0.3, 0.4) is 0 Å². The van der Waals surface area contributed by atoms with Crippen LogP contribution in [0.5, 0.6) is 0 Å². The predicted octanol–water partition coefficient (Wildman–Crippen LogP) is 1.95. The van der Waals surface area contributed by atoms with Crippen LogP contribution in [-0.2, 0) is 4.79 Å². The first-order chi connectivity index (χ1) is 8.92. The van der Waals surface area contributed by atoms with Gasteiger partial charge in [-0.25, -0.2) is 0 Å². The maximum Gasteiger partial charge on any atom is 0.323 e. The van der Waals surface area contributed by atoms with Crippen LogP contribution in [0.4, 0.5) is 0 Å². The Labute approximate surface area is 116 Å². The topological polar surface area (TPSA) is 52.6 Å². The molecule has 2 aliphatic rings. The smallest absolute Gasteiger partial charge is 0.323 e. The number of aliphatic carboxylic acids is 1. The van der Waals surface area contributed by atoms with Crippen LogP contribution < -0.4 is 5.32 Å². The molecule has 2 heterocycles. The van der Waals surface area contributed by atoms with E-state index in [2.05, 4.69) is 24.1 Å². The van der Waals surface area contributed by atoms with E-state index in [-0.39, 0.29) is 0 Å². The highest BCUT2D eigenvalue weighted by Crippen LogP contribution is 2.36. The van der Waals surface area contributed by atoms with Gasteiger partial charge in [-0.1, -0.05) is 0 Å². The van der Waals surface area contributed by atoms with Gasteiger partial charge in [0, 0.05) is 6.04 Å². The molecule has 2 N–H and O–H groups in total. The van der Waals surface area contributed by atoms with Crippen molar-refractivity contribution in [2.75, 3.05) is 19.6 Å². The van der Waals surface area contributed by atoms with E-state index in [1.807, 2.05) is 6.92 Å². The van der Waals surface area contributed by atoms with Gasteiger partial charge in [-0.05, 0) is 77.9 Å². The van der Waals surface area contributed by atoms with Crippen LogP contribution in [0.2, 0.25) is 0 Å². The van der Waals surface area contributed by atoms with Crippen molar-refractivity contribution in [1.29, 1.82) is 0 Å². The van der Waals surface area contributed by atoms with Crippen LogP contribution in [-0.4, -0.2) is 47.2 Å². The lowest BCUT2D eigenvalue weighted by Crippen LogP contribution is -2.56. The Morgan fingerprint density at radius 1 is 1.26 bits per heavy atom. The number of likely N-dealkylation sites (tertiary alicyclic amines) is 1. The lowest BCUT2D eigenvalue weighted by Gasteiger charge is -2.43. The van der Waals surface area contributed by atoms with Crippen LogP contribution in [0, 0.1) is 11.8 Å². The molecule has 0 saturated carbocycles. The molecule has 2 unspecified atom stereocenters. The molecule has 19 heavy (non-hydrogen) atoms. The van der Waals surface area contributed by atoms with Crippen molar-refractivity contribution in [3.63, 3.8) is 0 Å². The third kappa shape index (κ3) is 3.29. The summed E-state index contributed by atoms with van der Waals surface area (Å²) in [5, 5.41) is 12.5. The van der Waals surface area contributed by atoms with E-state index in [0.717, 1.165) is 25.3 Å². The number of hydrogen-bond acceptors (Lipinski definition) is 3. The van der Waals surface area contributed by atoms with Gasteiger partial charge in [0.15, 0.2) is 0 Å². The van der Waals surface area contributed by atoms with Crippen LogP contribution >= 0.6 is 0 Å². The van der Waals surface area contributed by atoms with E-state index in [1.54, 1.807) is 0 Å². The summed E-state index contributed by atoms with van der Waals surface area (Å²) in [5.74, 6) is 0.601. The first kappa shape index (κ1) is 14.8. The second kappa shape index (κ2) is 5.80. The molecular formula is C15H28N2O2. The van der Waals surface area contributed by atoms with Crippen molar-refractivity contribution in [2.24, 2.45) is 11.8 Å². The lowest BCUT2D eigenvalue weighted by molar-refractivity contribution is -0.146. The monoisotopic (exact) mass is 268 g/mol. The zero-order valence-electron chi connectivity index (χ0n) is 12.5. The van der Waals surface area contributed by atoms with Gasteiger partial charge in [-0.3, -0.25) is 4.79 Å². The Balaban J connectivity index is 1.91. The highest BCUT2D eigenvalue weighted by Gasteiger charge is 2.41. The molecule has 0 radical (unpaired) electrons. The summed E-state index contributed by atoms with van der Waals surface area (Å²) < 4.78 is 0. The van der Waals surface area contributed by atoms with E-state index in [4.69, 9.17) is 0 Å². The van der Waals surface area contributed by atoms with Crippen molar-refractivity contribution < 1.29 is 9.90 Å². The Bertz CT molecular complexity index is 324. The van der Waals surface area contributed by atoms with Crippen molar-refractivity contribution in [3.05, 3.63) is 0 Å². The zero-order chi connectivity index (χ0) is 14.0. The normalized spacial score (nSPS) is 34.6. The first-order valence-electron chi connectivity index (χ1n) is 7.65. The molecule has 2 atom stereocenters. The second-order valence-electron chi connectivity index (χ2n) is 6.78. The second-order valence-corrected chi connectivity index (χ2v) is 6.78. The first-order valence-corrected chi connectivity index (χ1v) is 7.65. The average Bonchev–Trinajstić information content (AvgIpc) is 2.39. The van der Waals surface area contributed by atoms with Crippen molar-refractivity contribution in [2.45, 2.75) is 58.0 Å². The summed E-state index contributed by atoms with van der Waals surface area (Å²) in [7, 11) is 0. The fraction of sp³-hybridized carbons (Fsp3) is 0.933. The summed E-state index contributed by atoms with van der Waals surface area (Å²) >= 11 is 0. The zero-order valence-corrected chi connectivity index (χ0v) is 12.5. The van der Waals surface area contributed by atoms with Gasteiger partial charge in [-0.2, -0.15) is 0 Å². The van der Waals surface area contributed by atoms with Crippen molar-refractivity contribution in [3.8, 4) is 0 Å². The quantitative estimate of drug-likeness (QED) is 0.821. The van der Waals surface area contributed by atoms with Gasteiger partial charge >= 0.3 is 5.97 Å². The van der Waals surface area contributed by atoms with Gasteiger partial charge in [0.25, 0.3) is 0 Å². The molecular weight excluding hydrogens is 240 g/mol. The highest BCUT2D eigenvalue weighted by molar-refractivity contribution is 5.78. The predicted molar refractivity (Wildman–Crippen MR) is 76.2 cm³/mol. The van der Waals surface area contributed by atoms with Gasteiger partial charge in [-0.15, -0.1) is 0 Å². The van der Waals surface area contributed by atoms with E-state index in [0.29, 0.717) is 12.0 Å². The summed E-state index contributed by atoms with van der Waals surface area (Å²) in [4.78, 5) is 13.9. The molecule has 2 aliphatic heterocycles. The molecule has 0 bridgehead atoms. The van der Waals surface area contributed by atoms with Gasteiger partial charge in [0.2, 0.25) is 0 Å². The number of rotatable bonds is 3. The maximum atomic E-state index is 11.4. The number of carboxylic acid groups (broad SMARTS) is 1. The van der Waals surface area contributed by atoms with E-state index >= 15 is 0 Å². The van der Waals surface area contributed by atoms with Gasteiger partial charge in [0.1, 0.15) is 5.54 Å². The molecule has 0 aliphatic carbocycles. The number of nitrogens with zero attached hydrogens (tertiary/aromatic N) is 1. The number of carbonyl (C=O) groups is 1. The molecule has 2 fully saturated rings. The SMILES string of the molecule is CC(C)N1CCC(C2CCNC(C)(C(=O)O)C2)CC1. The number of carboxylic acids is 1. The minimum absolute atomic E-state index is 0.580. The minimum Gasteiger partial charge on any atom is -0.480 e. The molecule has 0 aromatic rings. The van der Waals surface area contributed by atoms with E-state index in [9.17, 15) is 9.90 Å². The summed E-state index contributed by atoms with van der Waals surface area (Å²) in [6, 6.07) is 0.637. The number of hydrogen-bond donors (Lipinski definition) is 2. The van der Waals surface area contributed by atoms with Crippen molar-refractivity contribution >= 4 is 5.97 Å². The summed E-state index contributed by atoms with van der Waals surface area (Å²) in [6.07, 6.45) is 4.39. The minimum atomic E-state index is -0.710. The summed E-state index contributed by atoms with van der Waals surface area (Å²) in [5.41, 5.74) is -0.710. The Kier molecular flexibility index (Phi) is 4.51. The maximum absolute atomic E-state index is 11.4. The Hall–Kier alpha value is -0.610. The standard InChI is InChI=1S/C15H28N2O2/c1-11(2)17-8-5-12(6-9-17)13-4-7-16-15(3,10-13)14(18)19/h11-13,16H,4-10H2,1-3H3,(H,18,19). The van der Waals surface area contributed by atoms with E-state index in [1.165, 1.54) is 25.9 Å². The molecule has 2 rings (SSSR count). The number of piperidine rings is 2. The Morgan fingerprint density at radius 3 is 2.42 bits per heavy atom. The van der Waals surface area contributed by atoms with E-state index < -0.39 is 11.5 Å². The third-order valence-corrected chi connectivity index (χ3v) is 5.14. The largest absolute Gasteiger partial charge is 0.480 e. The molecule has 0 aromatic carbocycles. The lowest BCUT2D eigenvalue weighted by atomic mass is 9.73. The molecule has 4 nitrogen and oxygen atoms in total. The number of nitrogens with one attached hydrogen (secondary N) is 1. The molecule has 110 valence electrons. The van der Waals surface area contributed by atoms with Gasteiger partial charge < -0.3 is 15.3 Å². The highest BCUT2D eigenvalue weighted by atomic mass is 16.4. The van der Waals surface area contributed by atoms with Crippen LogP contribution in [0.25, 0.3) is 0 Å². The molecule has 0 spiro atoms. The Morgan fingerprint density at radius 2 is 1.89 bits per heavy atom. The molecule has 4 heteroatoms.